The summed E-state index contributed by atoms with van der Waals surface area (Å²) in [6.45, 7) is 6.31. The number of likely N-dealkylation sites (N-methyl/N-ethyl adjacent to an activating group) is 2. The summed E-state index contributed by atoms with van der Waals surface area (Å²) in [4.78, 5) is 53.0. The summed E-state index contributed by atoms with van der Waals surface area (Å²) in [5.41, 5.74) is 0. The van der Waals surface area contributed by atoms with Crippen LogP contribution in [0.15, 0.2) is 0 Å². The van der Waals surface area contributed by atoms with E-state index in [0.29, 0.717) is 13.1 Å². The molecule has 0 saturated carbocycles. The number of carbonyl (C=O) groups excluding carboxylic acids is 4. The summed E-state index contributed by atoms with van der Waals surface area (Å²) in [7, 11) is 0. The van der Waals surface area contributed by atoms with Crippen LogP contribution in [0.1, 0.15) is 27.7 Å². The second-order valence-corrected chi connectivity index (χ2v) is 5.43. The first kappa shape index (κ1) is 17.8. The van der Waals surface area contributed by atoms with Crippen molar-refractivity contribution in [2.24, 2.45) is 0 Å². The van der Waals surface area contributed by atoms with Crippen LogP contribution in [0.4, 0.5) is 9.59 Å². The summed E-state index contributed by atoms with van der Waals surface area (Å²) in [6, 6.07) is -0.681. The van der Waals surface area contributed by atoms with Crippen molar-refractivity contribution in [1.82, 2.24) is 19.6 Å². The van der Waals surface area contributed by atoms with Gasteiger partial charge in [0.25, 0.3) is 0 Å². The lowest BCUT2D eigenvalue weighted by Gasteiger charge is -2.28. The van der Waals surface area contributed by atoms with Gasteiger partial charge in [-0.3, -0.25) is 19.4 Å². The van der Waals surface area contributed by atoms with E-state index in [4.69, 9.17) is 9.47 Å². The van der Waals surface area contributed by atoms with Crippen LogP contribution >= 0.6 is 0 Å². The Balaban J connectivity index is 2.31. The number of rotatable bonds is 6. The molecule has 0 radical (unpaired) electrons. The van der Waals surface area contributed by atoms with Crippen molar-refractivity contribution >= 4 is 24.0 Å². The average molecular weight is 342 g/mol. The molecule has 2 aliphatic rings. The fraction of sp³-hybridized carbons (Fsp3) is 0.714. The van der Waals surface area contributed by atoms with E-state index in [2.05, 4.69) is 0 Å². The lowest BCUT2D eigenvalue weighted by Crippen LogP contribution is -2.47. The van der Waals surface area contributed by atoms with E-state index < -0.39 is 24.3 Å². The highest BCUT2D eigenvalue weighted by molar-refractivity contribution is 5.85. The number of esters is 2. The number of ether oxygens (including phenoxy) is 2. The molecular weight excluding hydrogens is 320 g/mol. The molecule has 10 heteroatoms. The van der Waals surface area contributed by atoms with Crippen LogP contribution in [0, 0.1) is 0 Å². The predicted octanol–water partition coefficient (Wildman–Crippen LogP) is 0.195. The molecule has 10 nitrogen and oxygen atoms in total. The Morgan fingerprint density at radius 2 is 1.12 bits per heavy atom. The van der Waals surface area contributed by atoms with Gasteiger partial charge in [0, 0.05) is 26.9 Å². The molecule has 0 bridgehead atoms. The third-order valence-electron chi connectivity index (χ3n) is 4.02. The van der Waals surface area contributed by atoms with Gasteiger partial charge < -0.3 is 19.3 Å². The standard InChI is InChI=1S/C14H22N4O6/c1-5-15-11-12(18(13(15)21)8-24-10(4)20)16(6-2)14(22)17(11)7-23-9(3)19/h11-12H,5-8H2,1-4H3. The Bertz CT molecular complexity index is 505. The maximum atomic E-state index is 12.6. The maximum absolute atomic E-state index is 12.6. The van der Waals surface area contributed by atoms with Crippen molar-refractivity contribution < 1.29 is 28.7 Å². The van der Waals surface area contributed by atoms with E-state index >= 15 is 0 Å². The third-order valence-corrected chi connectivity index (χ3v) is 4.02. The van der Waals surface area contributed by atoms with Gasteiger partial charge in [0.15, 0.2) is 25.8 Å². The number of nitrogens with zero attached hydrogens (tertiary/aromatic N) is 4. The summed E-state index contributed by atoms with van der Waals surface area (Å²) in [5.74, 6) is -1.03. The maximum Gasteiger partial charge on any atom is 0.326 e. The zero-order valence-electron chi connectivity index (χ0n) is 14.2. The van der Waals surface area contributed by atoms with Crippen molar-refractivity contribution in [2.45, 2.75) is 40.0 Å². The van der Waals surface area contributed by atoms with Crippen LogP contribution in [0.3, 0.4) is 0 Å². The molecule has 24 heavy (non-hydrogen) atoms. The third kappa shape index (κ3) is 2.95. The van der Waals surface area contributed by atoms with Gasteiger partial charge in [0.05, 0.1) is 0 Å². The van der Waals surface area contributed by atoms with Crippen molar-refractivity contribution in [3.63, 3.8) is 0 Å². The van der Waals surface area contributed by atoms with Crippen LogP contribution in [-0.4, -0.2) is 82.5 Å². The number of urea groups is 2. The molecule has 4 amide bonds. The first-order valence-corrected chi connectivity index (χ1v) is 7.74. The zero-order valence-corrected chi connectivity index (χ0v) is 14.2. The van der Waals surface area contributed by atoms with E-state index in [9.17, 15) is 19.2 Å². The van der Waals surface area contributed by atoms with Crippen LogP contribution < -0.4 is 0 Å². The molecule has 2 rings (SSSR count). The number of hydrogen-bond donors (Lipinski definition) is 0. The summed E-state index contributed by atoms with van der Waals surface area (Å²) >= 11 is 0. The lowest BCUT2D eigenvalue weighted by molar-refractivity contribution is -0.147. The van der Waals surface area contributed by atoms with E-state index in [0.717, 1.165) is 0 Å². The molecule has 2 fully saturated rings. The second kappa shape index (κ2) is 6.93. The number of carbonyl (C=O) groups is 4. The van der Waals surface area contributed by atoms with E-state index in [1.165, 1.54) is 33.4 Å². The largest absolute Gasteiger partial charge is 0.444 e. The minimum absolute atomic E-state index is 0.239. The fourth-order valence-electron chi connectivity index (χ4n) is 2.99. The van der Waals surface area contributed by atoms with Crippen molar-refractivity contribution in [1.29, 1.82) is 0 Å². The molecule has 0 aromatic carbocycles. The average Bonchev–Trinajstić information content (AvgIpc) is 2.93. The zero-order chi connectivity index (χ0) is 18.0. The molecule has 2 atom stereocenters. The molecule has 2 saturated heterocycles. The van der Waals surface area contributed by atoms with Gasteiger partial charge in [0.1, 0.15) is 0 Å². The highest BCUT2D eigenvalue weighted by Gasteiger charge is 2.58. The summed E-state index contributed by atoms with van der Waals surface area (Å²) < 4.78 is 9.91. The molecule has 0 N–H and O–H groups in total. The molecule has 0 spiro atoms. The Hall–Kier alpha value is -2.52. The van der Waals surface area contributed by atoms with Crippen molar-refractivity contribution in [2.75, 3.05) is 26.6 Å². The van der Waals surface area contributed by atoms with Gasteiger partial charge in [-0.1, -0.05) is 0 Å². The van der Waals surface area contributed by atoms with E-state index in [-0.39, 0.29) is 25.5 Å². The van der Waals surface area contributed by atoms with E-state index in [1.807, 2.05) is 0 Å². The minimum Gasteiger partial charge on any atom is -0.444 e. The smallest absolute Gasteiger partial charge is 0.326 e. The number of hydrogen-bond acceptors (Lipinski definition) is 6. The summed E-state index contributed by atoms with van der Waals surface area (Å²) in [6.07, 6.45) is -1.21. The molecule has 2 heterocycles. The fourth-order valence-corrected chi connectivity index (χ4v) is 2.99. The Labute approximate surface area is 139 Å². The van der Waals surface area contributed by atoms with Crippen molar-refractivity contribution in [3.8, 4) is 0 Å². The molecule has 2 aliphatic heterocycles. The topological polar surface area (TPSA) is 99.7 Å². The summed E-state index contributed by atoms with van der Waals surface area (Å²) in [5, 5.41) is 0. The quantitative estimate of drug-likeness (QED) is 0.639. The molecule has 134 valence electrons. The Kier molecular flexibility index (Phi) is 5.15. The van der Waals surface area contributed by atoms with E-state index in [1.54, 1.807) is 13.8 Å². The van der Waals surface area contributed by atoms with Gasteiger partial charge >= 0.3 is 24.0 Å². The van der Waals surface area contributed by atoms with Crippen LogP contribution in [0.25, 0.3) is 0 Å². The first-order valence-electron chi connectivity index (χ1n) is 7.74. The molecular formula is C14H22N4O6. The SMILES string of the molecule is CCN1C(=O)N(COC(C)=O)C2C1N(COC(C)=O)C(=O)N2CC. The molecule has 0 aromatic rings. The van der Waals surface area contributed by atoms with Crippen LogP contribution in [-0.2, 0) is 19.1 Å². The Morgan fingerprint density at radius 3 is 1.38 bits per heavy atom. The van der Waals surface area contributed by atoms with Gasteiger partial charge in [0.2, 0.25) is 0 Å². The minimum atomic E-state index is -0.607. The molecule has 0 aliphatic carbocycles. The van der Waals surface area contributed by atoms with Gasteiger partial charge in [-0.25, -0.2) is 9.59 Å². The van der Waals surface area contributed by atoms with Crippen LogP contribution in [0.5, 0.6) is 0 Å². The molecule has 2 unspecified atom stereocenters. The predicted molar refractivity (Wildman–Crippen MR) is 80.1 cm³/mol. The highest BCUT2D eigenvalue weighted by atomic mass is 16.6. The van der Waals surface area contributed by atoms with Gasteiger partial charge in [-0.15, -0.1) is 0 Å². The van der Waals surface area contributed by atoms with Crippen molar-refractivity contribution in [3.05, 3.63) is 0 Å². The Morgan fingerprint density at radius 1 is 0.792 bits per heavy atom. The second-order valence-electron chi connectivity index (χ2n) is 5.43. The van der Waals surface area contributed by atoms with Crippen LogP contribution in [0.2, 0.25) is 0 Å². The van der Waals surface area contributed by atoms with Gasteiger partial charge in [-0.2, -0.15) is 0 Å². The lowest BCUT2D eigenvalue weighted by atomic mass is 10.3. The normalized spacial score (nSPS) is 23.0. The first-order chi connectivity index (χ1) is 11.3. The monoisotopic (exact) mass is 342 g/mol. The number of amides is 4. The number of fused-ring (bicyclic) bond motifs is 1. The molecule has 0 aromatic heterocycles. The highest BCUT2D eigenvalue weighted by Crippen LogP contribution is 2.34. The van der Waals surface area contributed by atoms with Gasteiger partial charge in [-0.05, 0) is 13.8 Å².